The van der Waals surface area contributed by atoms with E-state index in [2.05, 4.69) is 21.2 Å². The van der Waals surface area contributed by atoms with Crippen molar-refractivity contribution in [1.29, 1.82) is 0 Å². The average molecular weight is 461 g/mol. The second kappa shape index (κ2) is 9.89. The van der Waals surface area contributed by atoms with Crippen LogP contribution in [0.3, 0.4) is 0 Å². The van der Waals surface area contributed by atoms with E-state index < -0.39 is 0 Å². The number of benzene rings is 2. The number of rotatable bonds is 6. The number of carbonyl (C=O) groups excluding carboxylic acids is 2. The van der Waals surface area contributed by atoms with Crippen molar-refractivity contribution in [1.82, 2.24) is 10.2 Å². The van der Waals surface area contributed by atoms with E-state index in [0.717, 1.165) is 21.3 Å². The molecule has 1 aliphatic heterocycles. The molecule has 6 nitrogen and oxygen atoms in total. The number of carbonyl (C=O) groups is 2. The molecular formula is C22H25BrN2O4. The molecule has 0 radical (unpaired) electrons. The van der Waals surface area contributed by atoms with Gasteiger partial charge in [-0.05, 0) is 35.4 Å². The lowest BCUT2D eigenvalue weighted by Gasteiger charge is -2.34. The Bertz CT molecular complexity index is 839. The highest BCUT2D eigenvalue weighted by molar-refractivity contribution is 9.10. The lowest BCUT2D eigenvalue weighted by molar-refractivity contribution is -0.139. The molecule has 0 aromatic heterocycles. The van der Waals surface area contributed by atoms with Crippen LogP contribution in [-0.2, 0) is 14.3 Å². The van der Waals surface area contributed by atoms with Crippen molar-refractivity contribution in [3.63, 3.8) is 0 Å². The molecule has 2 unspecified atom stereocenters. The Kier molecular flexibility index (Phi) is 7.28. The van der Waals surface area contributed by atoms with E-state index in [0.29, 0.717) is 19.7 Å². The zero-order valence-electron chi connectivity index (χ0n) is 16.6. The van der Waals surface area contributed by atoms with Gasteiger partial charge in [0.05, 0.1) is 32.7 Å². The van der Waals surface area contributed by atoms with Crippen LogP contribution in [0, 0.1) is 0 Å². The van der Waals surface area contributed by atoms with Gasteiger partial charge in [0.15, 0.2) is 0 Å². The fraction of sp³-hybridized carbons (Fsp3) is 0.364. The molecule has 0 bridgehead atoms. The van der Waals surface area contributed by atoms with E-state index in [1.807, 2.05) is 53.4 Å². The van der Waals surface area contributed by atoms with E-state index in [1.54, 1.807) is 7.11 Å². The smallest absolute Gasteiger partial charge is 0.225 e. The summed E-state index contributed by atoms with van der Waals surface area (Å²) >= 11 is 3.43. The van der Waals surface area contributed by atoms with Crippen molar-refractivity contribution in [2.24, 2.45) is 0 Å². The molecule has 1 saturated heterocycles. The summed E-state index contributed by atoms with van der Waals surface area (Å²) < 4.78 is 12.1. The molecule has 2 amide bonds. The van der Waals surface area contributed by atoms with Crippen LogP contribution in [0.2, 0.25) is 0 Å². The van der Waals surface area contributed by atoms with Crippen LogP contribution in [0.15, 0.2) is 53.0 Å². The minimum Gasteiger partial charge on any atom is -0.497 e. The normalized spacial score (nSPS) is 17.5. The highest BCUT2D eigenvalue weighted by Gasteiger charge is 2.27. The first kappa shape index (κ1) is 21.3. The van der Waals surface area contributed by atoms with Crippen molar-refractivity contribution in [3.8, 4) is 5.75 Å². The van der Waals surface area contributed by atoms with Gasteiger partial charge in [0.2, 0.25) is 11.8 Å². The number of hydrogen-bond acceptors (Lipinski definition) is 4. The van der Waals surface area contributed by atoms with E-state index in [9.17, 15) is 9.59 Å². The number of morpholine rings is 1. The first-order valence-electron chi connectivity index (χ1n) is 9.52. The zero-order valence-corrected chi connectivity index (χ0v) is 18.1. The molecule has 7 heteroatoms. The molecule has 1 heterocycles. The largest absolute Gasteiger partial charge is 0.497 e. The van der Waals surface area contributed by atoms with Crippen LogP contribution in [0.25, 0.3) is 0 Å². The molecule has 1 aliphatic rings. The molecule has 154 valence electrons. The summed E-state index contributed by atoms with van der Waals surface area (Å²) in [5, 5.41) is 2.89. The van der Waals surface area contributed by atoms with E-state index >= 15 is 0 Å². The molecule has 2 aromatic rings. The highest BCUT2D eigenvalue weighted by atomic mass is 79.9. The van der Waals surface area contributed by atoms with Gasteiger partial charge in [0, 0.05) is 17.9 Å². The van der Waals surface area contributed by atoms with Gasteiger partial charge >= 0.3 is 0 Å². The quantitative estimate of drug-likeness (QED) is 0.714. The Hall–Kier alpha value is -2.38. The summed E-state index contributed by atoms with van der Waals surface area (Å²) in [5.41, 5.74) is 1.91. The number of nitrogens with one attached hydrogen (secondary N) is 1. The Morgan fingerprint density at radius 2 is 1.90 bits per heavy atom. The molecule has 3 rings (SSSR count). The van der Waals surface area contributed by atoms with Gasteiger partial charge in [-0.2, -0.15) is 0 Å². The summed E-state index contributed by atoms with van der Waals surface area (Å²) in [4.78, 5) is 26.5. The molecule has 2 atom stereocenters. The number of halogens is 1. The molecule has 29 heavy (non-hydrogen) atoms. The minimum atomic E-state index is -0.389. The van der Waals surface area contributed by atoms with Crippen molar-refractivity contribution in [3.05, 3.63) is 64.1 Å². The third-order valence-electron chi connectivity index (χ3n) is 4.94. The van der Waals surface area contributed by atoms with Gasteiger partial charge in [-0.15, -0.1) is 0 Å². The van der Waals surface area contributed by atoms with Gasteiger partial charge in [-0.3, -0.25) is 9.59 Å². The maximum atomic E-state index is 13.0. The van der Waals surface area contributed by atoms with Crippen LogP contribution in [0.5, 0.6) is 5.75 Å². The van der Waals surface area contributed by atoms with Gasteiger partial charge in [-0.1, -0.05) is 40.2 Å². The Morgan fingerprint density at radius 1 is 1.21 bits per heavy atom. The maximum absolute atomic E-state index is 13.0. The van der Waals surface area contributed by atoms with Crippen molar-refractivity contribution >= 4 is 27.7 Å². The summed E-state index contributed by atoms with van der Waals surface area (Å²) in [6.07, 6.45) is 0.0416. The SMILES string of the molecule is COc1ccc(C(CC(=O)N2CCOC(c3ccc(Br)cc3)C2)NC(C)=O)cc1. The fourth-order valence-electron chi connectivity index (χ4n) is 3.39. The average Bonchev–Trinajstić information content (AvgIpc) is 2.73. The van der Waals surface area contributed by atoms with Crippen molar-refractivity contribution in [2.75, 3.05) is 26.8 Å². The second-order valence-corrected chi connectivity index (χ2v) is 7.90. The van der Waals surface area contributed by atoms with Crippen LogP contribution >= 0.6 is 15.9 Å². The zero-order chi connectivity index (χ0) is 20.8. The molecule has 1 fully saturated rings. The second-order valence-electron chi connectivity index (χ2n) is 6.98. The standard InChI is InChI=1S/C22H25BrN2O4/c1-15(26)24-20(16-5-9-19(28-2)10-6-16)13-22(27)25-11-12-29-21(14-25)17-3-7-18(23)8-4-17/h3-10,20-21H,11-14H2,1-2H3,(H,24,26). The molecule has 0 saturated carbocycles. The lowest BCUT2D eigenvalue weighted by Crippen LogP contribution is -2.43. The monoisotopic (exact) mass is 460 g/mol. The van der Waals surface area contributed by atoms with Gasteiger partial charge < -0.3 is 19.7 Å². The maximum Gasteiger partial charge on any atom is 0.225 e. The summed E-state index contributed by atoms with van der Waals surface area (Å²) in [5.74, 6) is 0.547. The number of methoxy groups -OCH3 is 1. The van der Waals surface area contributed by atoms with Crippen LogP contribution in [0.1, 0.15) is 36.6 Å². The number of hydrogen-bond donors (Lipinski definition) is 1. The van der Waals surface area contributed by atoms with Crippen LogP contribution in [0.4, 0.5) is 0 Å². The van der Waals surface area contributed by atoms with Crippen LogP contribution < -0.4 is 10.1 Å². The summed E-state index contributed by atoms with van der Waals surface area (Å²) in [6.45, 7) is 2.98. The molecule has 2 aromatic carbocycles. The topological polar surface area (TPSA) is 67.9 Å². The Morgan fingerprint density at radius 3 is 2.52 bits per heavy atom. The van der Waals surface area contributed by atoms with Crippen molar-refractivity contribution < 1.29 is 19.1 Å². The number of nitrogens with zero attached hydrogens (tertiary/aromatic N) is 1. The highest BCUT2D eigenvalue weighted by Crippen LogP contribution is 2.26. The van der Waals surface area contributed by atoms with E-state index in [1.165, 1.54) is 6.92 Å². The Balaban J connectivity index is 1.69. The molecule has 1 N–H and O–H groups in total. The van der Waals surface area contributed by atoms with Gasteiger partial charge in [0.25, 0.3) is 0 Å². The summed E-state index contributed by atoms with van der Waals surface area (Å²) in [7, 11) is 1.60. The first-order chi connectivity index (χ1) is 14.0. The predicted octanol–water partition coefficient (Wildman–Crippen LogP) is 3.63. The number of ether oxygens (including phenoxy) is 2. The minimum absolute atomic E-state index is 0.00928. The molecular weight excluding hydrogens is 436 g/mol. The predicted molar refractivity (Wildman–Crippen MR) is 114 cm³/mol. The van der Waals surface area contributed by atoms with Crippen molar-refractivity contribution in [2.45, 2.75) is 25.5 Å². The van der Waals surface area contributed by atoms with Crippen LogP contribution in [-0.4, -0.2) is 43.5 Å². The van der Waals surface area contributed by atoms with Gasteiger partial charge in [0.1, 0.15) is 11.9 Å². The Labute approximate surface area is 179 Å². The lowest BCUT2D eigenvalue weighted by atomic mass is 10.0. The number of amides is 2. The third-order valence-corrected chi connectivity index (χ3v) is 5.46. The van der Waals surface area contributed by atoms with E-state index in [4.69, 9.17) is 9.47 Å². The molecule has 0 spiro atoms. The third kappa shape index (κ3) is 5.81. The fourth-order valence-corrected chi connectivity index (χ4v) is 3.66. The molecule has 0 aliphatic carbocycles. The summed E-state index contributed by atoms with van der Waals surface area (Å²) in [6, 6.07) is 14.9. The first-order valence-corrected chi connectivity index (χ1v) is 10.3. The van der Waals surface area contributed by atoms with E-state index in [-0.39, 0.29) is 30.4 Å². The van der Waals surface area contributed by atoms with Gasteiger partial charge in [-0.25, -0.2) is 0 Å².